The van der Waals surface area contributed by atoms with E-state index in [1.807, 2.05) is 13.0 Å². The highest BCUT2D eigenvalue weighted by Crippen LogP contribution is 2.42. The number of nitrogens with zero attached hydrogens (tertiary/aromatic N) is 3. The Hall–Kier alpha value is -3.20. The van der Waals surface area contributed by atoms with Crippen molar-refractivity contribution in [3.8, 4) is 11.3 Å². The van der Waals surface area contributed by atoms with E-state index in [4.69, 9.17) is 9.40 Å². The van der Waals surface area contributed by atoms with Crippen LogP contribution in [0.1, 0.15) is 46.4 Å². The summed E-state index contributed by atoms with van der Waals surface area (Å²) in [6.07, 6.45) is -0.892. The number of aromatic nitrogens is 2. The largest absolute Gasteiger partial charge is 0.459 e. The Morgan fingerprint density at radius 3 is 2.65 bits per heavy atom. The Morgan fingerprint density at radius 1 is 1.21 bits per heavy atom. The molecule has 0 radical (unpaired) electrons. The molecule has 1 N–H and O–H groups in total. The molecular weight excluding hydrogens is 445 g/mol. The summed E-state index contributed by atoms with van der Waals surface area (Å²) in [5.74, 6) is 1.34. The predicted octanol–water partition coefficient (Wildman–Crippen LogP) is 4.67. The second-order valence-corrected chi connectivity index (χ2v) is 9.03. The van der Waals surface area contributed by atoms with Crippen molar-refractivity contribution in [2.45, 2.75) is 37.9 Å². The SMILES string of the molecule is Cc1nc(-c2ccc(C(F)(F)F)cc2)cc([C@H]2CN3CC[C@H]2C[C@@H]3CNC(=O)c2ccco2)n1. The molecule has 4 atom stereocenters. The highest BCUT2D eigenvalue weighted by atomic mass is 19.4. The van der Waals surface area contributed by atoms with Gasteiger partial charge in [0.25, 0.3) is 5.91 Å². The highest BCUT2D eigenvalue weighted by Gasteiger charge is 2.41. The molecule has 1 unspecified atom stereocenters. The second-order valence-electron chi connectivity index (χ2n) is 9.03. The molecule has 3 aliphatic rings. The summed E-state index contributed by atoms with van der Waals surface area (Å²) < 4.78 is 43.9. The molecule has 5 heterocycles. The normalized spacial score (nSPS) is 24.2. The van der Waals surface area contributed by atoms with Crippen LogP contribution in [0.4, 0.5) is 13.2 Å². The second kappa shape index (κ2) is 8.87. The van der Waals surface area contributed by atoms with Crippen molar-refractivity contribution in [1.29, 1.82) is 0 Å². The number of hydrogen-bond acceptors (Lipinski definition) is 5. The first-order valence-corrected chi connectivity index (χ1v) is 11.4. The minimum Gasteiger partial charge on any atom is -0.459 e. The fourth-order valence-corrected chi connectivity index (χ4v) is 5.15. The Balaban J connectivity index is 1.30. The third kappa shape index (κ3) is 4.57. The summed E-state index contributed by atoms with van der Waals surface area (Å²) in [6.45, 7) is 4.17. The van der Waals surface area contributed by atoms with Gasteiger partial charge in [-0.1, -0.05) is 12.1 Å². The number of carbonyl (C=O) groups is 1. The van der Waals surface area contributed by atoms with Crippen LogP contribution in [0.25, 0.3) is 11.3 Å². The topological polar surface area (TPSA) is 71.3 Å². The Morgan fingerprint density at radius 2 is 2.00 bits per heavy atom. The van der Waals surface area contributed by atoms with Gasteiger partial charge < -0.3 is 9.73 Å². The molecule has 3 fully saturated rings. The van der Waals surface area contributed by atoms with Gasteiger partial charge in [0, 0.05) is 36.3 Å². The maximum absolute atomic E-state index is 12.9. The molecule has 2 bridgehead atoms. The van der Waals surface area contributed by atoms with Crippen LogP contribution in [-0.4, -0.2) is 46.5 Å². The Kier molecular flexibility index (Phi) is 5.89. The zero-order valence-electron chi connectivity index (χ0n) is 18.7. The van der Waals surface area contributed by atoms with E-state index in [1.165, 1.54) is 18.4 Å². The average molecular weight is 470 g/mol. The van der Waals surface area contributed by atoms with Crippen molar-refractivity contribution in [2.24, 2.45) is 5.92 Å². The number of furan rings is 1. The van der Waals surface area contributed by atoms with Crippen LogP contribution in [0.3, 0.4) is 0 Å². The van der Waals surface area contributed by atoms with E-state index in [2.05, 4.69) is 15.2 Å². The number of halogens is 3. The van der Waals surface area contributed by atoms with Crippen LogP contribution in [0.2, 0.25) is 0 Å². The van der Waals surface area contributed by atoms with Crippen molar-refractivity contribution in [2.75, 3.05) is 19.6 Å². The van der Waals surface area contributed by atoms with Gasteiger partial charge in [-0.15, -0.1) is 0 Å². The van der Waals surface area contributed by atoms with Crippen LogP contribution >= 0.6 is 0 Å². The molecule has 0 saturated carbocycles. The molecule has 2 aromatic heterocycles. The van der Waals surface area contributed by atoms with Gasteiger partial charge in [-0.05, 0) is 62.6 Å². The summed E-state index contributed by atoms with van der Waals surface area (Å²) in [5, 5.41) is 2.97. The minimum atomic E-state index is -4.37. The summed E-state index contributed by atoms with van der Waals surface area (Å²) in [6, 6.07) is 10.6. The number of nitrogens with one attached hydrogen (secondary N) is 1. The maximum atomic E-state index is 12.9. The average Bonchev–Trinajstić information content (AvgIpc) is 3.37. The van der Waals surface area contributed by atoms with Crippen molar-refractivity contribution in [3.05, 3.63) is 71.6 Å². The van der Waals surface area contributed by atoms with E-state index in [-0.39, 0.29) is 17.9 Å². The van der Waals surface area contributed by atoms with Gasteiger partial charge in [0.15, 0.2) is 5.76 Å². The number of carbonyl (C=O) groups excluding carboxylic acids is 1. The first-order valence-electron chi connectivity index (χ1n) is 11.4. The molecule has 6 rings (SSSR count). The van der Waals surface area contributed by atoms with E-state index in [0.717, 1.165) is 43.8 Å². The van der Waals surface area contributed by atoms with Crippen molar-refractivity contribution in [3.63, 3.8) is 0 Å². The van der Waals surface area contributed by atoms with Crippen LogP contribution in [-0.2, 0) is 6.18 Å². The molecule has 1 aromatic carbocycles. The van der Waals surface area contributed by atoms with Crippen molar-refractivity contribution < 1.29 is 22.4 Å². The van der Waals surface area contributed by atoms with Gasteiger partial charge in [-0.3, -0.25) is 9.69 Å². The molecule has 6 nitrogen and oxygen atoms in total. The number of alkyl halides is 3. The van der Waals surface area contributed by atoms with Gasteiger partial charge in [0.2, 0.25) is 0 Å². The molecule has 0 aliphatic carbocycles. The van der Waals surface area contributed by atoms with E-state index in [9.17, 15) is 18.0 Å². The van der Waals surface area contributed by atoms with E-state index in [1.54, 1.807) is 12.1 Å². The predicted molar refractivity (Wildman–Crippen MR) is 119 cm³/mol. The maximum Gasteiger partial charge on any atom is 0.416 e. The van der Waals surface area contributed by atoms with Crippen molar-refractivity contribution >= 4 is 5.91 Å². The summed E-state index contributed by atoms with van der Waals surface area (Å²) in [7, 11) is 0. The fourth-order valence-electron chi connectivity index (χ4n) is 5.15. The molecule has 34 heavy (non-hydrogen) atoms. The quantitative estimate of drug-likeness (QED) is 0.587. The lowest BCUT2D eigenvalue weighted by Crippen LogP contribution is -2.56. The third-order valence-electron chi connectivity index (χ3n) is 6.87. The van der Waals surface area contributed by atoms with E-state index >= 15 is 0 Å². The fraction of sp³-hybridized carbons (Fsp3) is 0.400. The lowest BCUT2D eigenvalue weighted by Gasteiger charge is -2.49. The number of hydrogen-bond donors (Lipinski definition) is 1. The Labute approximate surface area is 195 Å². The van der Waals surface area contributed by atoms with Crippen LogP contribution in [0, 0.1) is 12.8 Å². The van der Waals surface area contributed by atoms with E-state index in [0.29, 0.717) is 35.3 Å². The van der Waals surface area contributed by atoms with Gasteiger partial charge in [-0.25, -0.2) is 9.97 Å². The number of piperidine rings is 3. The summed E-state index contributed by atoms with van der Waals surface area (Å²) in [5.41, 5.74) is 1.52. The van der Waals surface area contributed by atoms with Crippen LogP contribution in [0.15, 0.2) is 53.1 Å². The number of aryl methyl sites for hydroxylation is 1. The number of amides is 1. The zero-order chi connectivity index (χ0) is 23.9. The van der Waals surface area contributed by atoms with Gasteiger partial charge in [-0.2, -0.15) is 13.2 Å². The highest BCUT2D eigenvalue weighted by molar-refractivity contribution is 5.91. The number of fused-ring (bicyclic) bond motifs is 3. The summed E-state index contributed by atoms with van der Waals surface area (Å²) in [4.78, 5) is 23.8. The first kappa shape index (κ1) is 22.6. The van der Waals surface area contributed by atoms with Crippen LogP contribution in [0.5, 0.6) is 0 Å². The molecule has 0 spiro atoms. The smallest absolute Gasteiger partial charge is 0.416 e. The van der Waals surface area contributed by atoms with E-state index < -0.39 is 11.7 Å². The molecule has 9 heteroatoms. The lowest BCUT2D eigenvalue weighted by atomic mass is 9.74. The number of rotatable bonds is 5. The van der Waals surface area contributed by atoms with Crippen LogP contribution < -0.4 is 5.32 Å². The lowest BCUT2D eigenvalue weighted by molar-refractivity contribution is -0.137. The molecule has 3 saturated heterocycles. The molecule has 178 valence electrons. The van der Waals surface area contributed by atoms with Gasteiger partial charge in [0.05, 0.1) is 17.5 Å². The molecule has 1 amide bonds. The van der Waals surface area contributed by atoms with Crippen molar-refractivity contribution in [1.82, 2.24) is 20.2 Å². The van der Waals surface area contributed by atoms with Gasteiger partial charge in [0.1, 0.15) is 5.82 Å². The molecular formula is C25H25F3N4O2. The summed E-state index contributed by atoms with van der Waals surface area (Å²) >= 11 is 0. The molecule has 3 aliphatic heterocycles. The number of benzene rings is 1. The molecule has 3 aromatic rings. The standard InChI is InChI=1S/C25H25F3N4O2/c1-15-30-21(16-4-6-18(7-5-16)25(26,27)28)12-22(31-15)20-14-32-9-8-17(20)11-19(32)13-29-24(33)23-3-2-10-34-23/h2-7,10,12,17,19-20H,8-9,11,13-14H2,1H3,(H,29,33)/t17-,19+,20-/m0/s1. The zero-order valence-corrected chi connectivity index (χ0v) is 18.7. The Bertz CT molecular complexity index is 1160. The monoisotopic (exact) mass is 470 g/mol. The first-order chi connectivity index (χ1) is 16.3. The minimum absolute atomic E-state index is 0.211. The van der Waals surface area contributed by atoms with Gasteiger partial charge >= 0.3 is 6.18 Å². The third-order valence-corrected chi connectivity index (χ3v) is 6.87.